The van der Waals surface area contributed by atoms with Gasteiger partial charge in [0.05, 0.1) is 36.8 Å². The Kier molecular flexibility index (Phi) is 6.18. The second-order valence-electron chi connectivity index (χ2n) is 5.86. The van der Waals surface area contributed by atoms with E-state index >= 15 is 0 Å². The van der Waals surface area contributed by atoms with Crippen molar-refractivity contribution in [3.05, 3.63) is 58.8 Å². The van der Waals surface area contributed by atoms with Gasteiger partial charge in [0, 0.05) is 12.7 Å². The zero-order chi connectivity index (χ0) is 21.0. The Morgan fingerprint density at radius 1 is 1.21 bits per heavy atom. The Labute approximate surface area is 167 Å². The molecular weight excluding hydrogens is 416 g/mol. The topological polar surface area (TPSA) is 87.9 Å². The van der Waals surface area contributed by atoms with Crippen LogP contribution in [0.3, 0.4) is 0 Å². The molecule has 0 fully saturated rings. The Hall–Kier alpha value is -2.92. The maximum Gasteiger partial charge on any atom is 0.419 e. The minimum Gasteiger partial charge on any atom is -0.394 e. The van der Waals surface area contributed by atoms with Crippen LogP contribution in [0.25, 0.3) is 0 Å². The fourth-order valence-corrected chi connectivity index (χ4v) is 2.70. The molecule has 0 aliphatic carbocycles. The molecule has 0 saturated carbocycles. The standard InChI is InChI=1S/C17H15ClF4N6O/c18-12-8-24-16(26-11-7-25-28(9-11)4-5-29)27-15(12)23-6-10-2-1-3-13(19)14(10)17(20,21)22/h1-3,7-9,29H,4-6H2,(H2,23,24,26,27). The molecule has 0 unspecified atom stereocenters. The van der Waals surface area contributed by atoms with E-state index in [9.17, 15) is 17.6 Å². The molecule has 3 aromatic rings. The van der Waals surface area contributed by atoms with Gasteiger partial charge in [0.2, 0.25) is 5.95 Å². The second kappa shape index (κ2) is 8.62. The lowest BCUT2D eigenvalue weighted by molar-refractivity contribution is -0.140. The van der Waals surface area contributed by atoms with Crippen LogP contribution in [-0.2, 0) is 19.3 Å². The van der Waals surface area contributed by atoms with E-state index in [1.165, 1.54) is 29.2 Å². The summed E-state index contributed by atoms with van der Waals surface area (Å²) < 4.78 is 54.6. The summed E-state index contributed by atoms with van der Waals surface area (Å²) in [6, 6.07) is 3.12. The molecule has 3 rings (SSSR count). The zero-order valence-electron chi connectivity index (χ0n) is 14.7. The van der Waals surface area contributed by atoms with Crippen molar-refractivity contribution in [2.75, 3.05) is 17.2 Å². The van der Waals surface area contributed by atoms with Gasteiger partial charge in [0.1, 0.15) is 10.8 Å². The van der Waals surface area contributed by atoms with Gasteiger partial charge in [-0.3, -0.25) is 4.68 Å². The molecule has 12 heteroatoms. The van der Waals surface area contributed by atoms with Gasteiger partial charge in [-0.2, -0.15) is 23.3 Å². The van der Waals surface area contributed by atoms with E-state index in [4.69, 9.17) is 16.7 Å². The van der Waals surface area contributed by atoms with Crippen molar-refractivity contribution >= 4 is 29.1 Å². The number of benzene rings is 1. The quantitative estimate of drug-likeness (QED) is 0.494. The molecule has 0 bridgehead atoms. The zero-order valence-corrected chi connectivity index (χ0v) is 15.5. The number of aliphatic hydroxyl groups excluding tert-OH is 1. The number of halogens is 5. The summed E-state index contributed by atoms with van der Waals surface area (Å²) in [5, 5.41) is 18.5. The van der Waals surface area contributed by atoms with Crippen molar-refractivity contribution < 1.29 is 22.7 Å². The number of hydrogen-bond donors (Lipinski definition) is 3. The molecule has 7 nitrogen and oxygen atoms in total. The minimum atomic E-state index is -4.83. The highest BCUT2D eigenvalue weighted by atomic mass is 35.5. The molecule has 0 spiro atoms. The molecule has 0 aliphatic rings. The Balaban J connectivity index is 1.77. The van der Waals surface area contributed by atoms with Gasteiger partial charge in [-0.15, -0.1) is 0 Å². The van der Waals surface area contributed by atoms with Crippen LogP contribution in [0.4, 0.5) is 35.0 Å². The van der Waals surface area contributed by atoms with Crippen LogP contribution in [0.5, 0.6) is 0 Å². The number of nitrogens with one attached hydrogen (secondary N) is 2. The lowest BCUT2D eigenvalue weighted by Crippen LogP contribution is -2.15. The fourth-order valence-electron chi connectivity index (χ4n) is 2.55. The maximum absolute atomic E-state index is 13.7. The molecule has 0 saturated heterocycles. The molecule has 3 N–H and O–H groups in total. The Bertz CT molecular complexity index is 994. The Morgan fingerprint density at radius 2 is 2.00 bits per heavy atom. The fraction of sp³-hybridized carbons (Fsp3) is 0.235. The molecule has 2 heterocycles. The number of aromatic nitrogens is 4. The third kappa shape index (κ3) is 5.12. The molecule has 0 aliphatic heterocycles. The minimum absolute atomic E-state index is 0.0734. The van der Waals surface area contributed by atoms with Gasteiger partial charge in [0.15, 0.2) is 5.82 Å². The highest BCUT2D eigenvalue weighted by Gasteiger charge is 2.36. The third-order valence-electron chi connectivity index (χ3n) is 3.79. The molecule has 2 aromatic heterocycles. The number of nitrogens with zero attached hydrogens (tertiary/aromatic N) is 4. The van der Waals surface area contributed by atoms with Crippen LogP contribution in [0.1, 0.15) is 11.1 Å². The van der Waals surface area contributed by atoms with Crippen LogP contribution >= 0.6 is 11.6 Å². The van der Waals surface area contributed by atoms with E-state index in [1.54, 1.807) is 6.20 Å². The maximum atomic E-state index is 13.7. The van der Waals surface area contributed by atoms with Crippen molar-refractivity contribution in [1.29, 1.82) is 0 Å². The first kappa shape index (κ1) is 20.8. The third-order valence-corrected chi connectivity index (χ3v) is 4.07. The highest BCUT2D eigenvalue weighted by Crippen LogP contribution is 2.34. The SMILES string of the molecule is OCCn1cc(Nc2ncc(Cl)c(NCc3cccc(F)c3C(F)(F)F)n2)cn1. The van der Waals surface area contributed by atoms with Crippen LogP contribution in [0, 0.1) is 5.82 Å². The lowest BCUT2D eigenvalue weighted by atomic mass is 10.1. The number of rotatable bonds is 7. The molecule has 0 atom stereocenters. The summed E-state index contributed by atoms with van der Waals surface area (Å²) in [6.07, 6.45) is -0.459. The van der Waals surface area contributed by atoms with E-state index in [-0.39, 0.29) is 35.5 Å². The summed E-state index contributed by atoms with van der Waals surface area (Å²) in [7, 11) is 0. The van der Waals surface area contributed by atoms with Gasteiger partial charge in [-0.05, 0) is 11.6 Å². The number of aliphatic hydroxyl groups is 1. The van der Waals surface area contributed by atoms with Gasteiger partial charge >= 0.3 is 6.18 Å². The summed E-state index contributed by atoms with van der Waals surface area (Å²) in [6.45, 7) is -0.116. The van der Waals surface area contributed by atoms with Crippen molar-refractivity contribution in [3.8, 4) is 0 Å². The summed E-state index contributed by atoms with van der Waals surface area (Å²) in [4.78, 5) is 8.12. The lowest BCUT2D eigenvalue weighted by Gasteiger charge is -2.15. The normalized spacial score (nSPS) is 11.5. The average molecular weight is 431 g/mol. The largest absolute Gasteiger partial charge is 0.419 e. The first-order valence-electron chi connectivity index (χ1n) is 8.29. The smallest absolute Gasteiger partial charge is 0.394 e. The molecule has 1 aromatic carbocycles. The van der Waals surface area contributed by atoms with Gasteiger partial charge in [-0.1, -0.05) is 23.7 Å². The first-order valence-corrected chi connectivity index (χ1v) is 8.67. The van der Waals surface area contributed by atoms with Crippen molar-refractivity contribution in [2.45, 2.75) is 19.3 Å². The molecule has 0 radical (unpaired) electrons. The first-order chi connectivity index (χ1) is 13.8. The second-order valence-corrected chi connectivity index (χ2v) is 6.26. The predicted molar refractivity (Wildman–Crippen MR) is 98.4 cm³/mol. The number of hydrogen-bond acceptors (Lipinski definition) is 6. The molecule has 29 heavy (non-hydrogen) atoms. The van der Waals surface area contributed by atoms with E-state index in [0.29, 0.717) is 12.2 Å². The van der Waals surface area contributed by atoms with Crippen LogP contribution in [-0.4, -0.2) is 31.5 Å². The van der Waals surface area contributed by atoms with E-state index < -0.39 is 17.6 Å². The number of anilines is 3. The van der Waals surface area contributed by atoms with Gasteiger partial charge in [-0.25, -0.2) is 9.37 Å². The monoisotopic (exact) mass is 430 g/mol. The van der Waals surface area contributed by atoms with Gasteiger partial charge in [0.25, 0.3) is 0 Å². The van der Waals surface area contributed by atoms with Crippen LogP contribution in [0.15, 0.2) is 36.8 Å². The molecular formula is C17H15ClF4N6O. The van der Waals surface area contributed by atoms with Gasteiger partial charge < -0.3 is 15.7 Å². The summed E-state index contributed by atoms with van der Waals surface area (Å²) >= 11 is 6.02. The summed E-state index contributed by atoms with van der Waals surface area (Å²) in [5.41, 5.74) is -1.09. The van der Waals surface area contributed by atoms with E-state index in [2.05, 4.69) is 25.7 Å². The van der Waals surface area contributed by atoms with E-state index in [0.717, 1.165) is 6.07 Å². The van der Waals surface area contributed by atoms with Crippen LogP contribution in [0.2, 0.25) is 5.02 Å². The highest BCUT2D eigenvalue weighted by molar-refractivity contribution is 6.32. The molecule has 154 valence electrons. The van der Waals surface area contributed by atoms with Crippen LogP contribution < -0.4 is 10.6 Å². The van der Waals surface area contributed by atoms with Crippen molar-refractivity contribution in [1.82, 2.24) is 19.7 Å². The van der Waals surface area contributed by atoms with Crippen molar-refractivity contribution in [2.24, 2.45) is 0 Å². The van der Waals surface area contributed by atoms with E-state index in [1.807, 2.05) is 0 Å². The Morgan fingerprint density at radius 3 is 2.72 bits per heavy atom. The van der Waals surface area contributed by atoms with Crippen molar-refractivity contribution in [3.63, 3.8) is 0 Å². The predicted octanol–water partition coefficient (Wildman–Crippen LogP) is 3.83. The molecule has 0 amide bonds. The number of alkyl halides is 3. The summed E-state index contributed by atoms with van der Waals surface area (Å²) in [5.74, 6) is -1.16. The average Bonchev–Trinajstić information content (AvgIpc) is 3.08.